The average Bonchev–Trinajstić information content (AvgIpc) is 2.55. The van der Waals surface area contributed by atoms with Crippen LogP contribution in [0.2, 0.25) is 5.02 Å². The summed E-state index contributed by atoms with van der Waals surface area (Å²) in [6, 6.07) is 13.6. The number of nitrogens with zero attached hydrogens (tertiary/aromatic N) is 1. The van der Waals surface area contributed by atoms with Crippen molar-refractivity contribution in [3.05, 3.63) is 70.5 Å². The fourth-order valence-corrected chi connectivity index (χ4v) is 2.30. The predicted octanol–water partition coefficient (Wildman–Crippen LogP) is 3.62. The van der Waals surface area contributed by atoms with Crippen LogP contribution < -0.4 is 5.32 Å². The minimum absolute atomic E-state index is 0.0983. The summed E-state index contributed by atoms with van der Waals surface area (Å²) in [5.74, 6) is -0.355. The topological polar surface area (TPSA) is 32.3 Å². The second-order valence-electron chi connectivity index (χ2n) is 5.53. The highest BCUT2D eigenvalue weighted by atomic mass is 35.5. The summed E-state index contributed by atoms with van der Waals surface area (Å²) in [6.07, 6.45) is 0. The number of halogens is 2. The van der Waals surface area contributed by atoms with Crippen LogP contribution in [0.5, 0.6) is 0 Å². The molecule has 1 N–H and O–H groups in total. The minimum Gasteiger partial charge on any atom is -0.351 e. The van der Waals surface area contributed by atoms with Gasteiger partial charge < -0.3 is 5.32 Å². The molecule has 0 fully saturated rings. The quantitative estimate of drug-likeness (QED) is 0.875. The van der Waals surface area contributed by atoms with Gasteiger partial charge in [-0.2, -0.15) is 0 Å². The molecule has 0 aromatic heterocycles. The van der Waals surface area contributed by atoms with Crippen LogP contribution in [0.25, 0.3) is 0 Å². The molecule has 3 nitrogen and oxygen atoms in total. The first kappa shape index (κ1) is 17.4. The molecule has 0 heterocycles. The molecule has 1 unspecified atom stereocenters. The maximum Gasteiger partial charge on any atom is 0.237 e. The van der Waals surface area contributed by atoms with Gasteiger partial charge in [-0.05, 0) is 37.7 Å². The summed E-state index contributed by atoms with van der Waals surface area (Å²) in [7, 11) is 1.80. The normalized spacial score (nSPS) is 12.2. The first-order valence-corrected chi connectivity index (χ1v) is 7.81. The number of rotatable bonds is 6. The Bertz CT molecular complexity index is 660. The molecule has 0 saturated carbocycles. The zero-order valence-corrected chi connectivity index (χ0v) is 14.0. The van der Waals surface area contributed by atoms with E-state index < -0.39 is 0 Å². The molecule has 1 amide bonds. The molecule has 1 atom stereocenters. The number of amides is 1. The number of benzene rings is 2. The lowest BCUT2D eigenvalue weighted by Crippen LogP contribution is -2.42. The molecule has 23 heavy (non-hydrogen) atoms. The molecule has 0 spiro atoms. The molecule has 0 aliphatic rings. The number of carbonyl (C=O) groups excluding carboxylic acids is 1. The van der Waals surface area contributed by atoms with E-state index in [0.717, 1.165) is 5.56 Å². The Kier molecular flexibility index (Phi) is 6.13. The first-order valence-electron chi connectivity index (χ1n) is 7.43. The monoisotopic (exact) mass is 334 g/mol. The summed E-state index contributed by atoms with van der Waals surface area (Å²) in [5.41, 5.74) is 1.55. The van der Waals surface area contributed by atoms with Crippen molar-refractivity contribution in [3.63, 3.8) is 0 Å². The van der Waals surface area contributed by atoms with E-state index in [1.165, 1.54) is 6.07 Å². The number of nitrogens with one attached hydrogen (secondary N) is 1. The molecule has 5 heteroatoms. The number of carbonyl (C=O) groups is 1. The number of hydrogen-bond acceptors (Lipinski definition) is 2. The molecule has 0 radical (unpaired) electrons. The van der Waals surface area contributed by atoms with Crippen molar-refractivity contribution >= 4 is 17.5 Å². The second-order valence-corrected chi connectivity index (χ2v) is 5.96. The number of hydrogen-bond donors (Lipinski definition) is 1. The molecular weight excluding hydrogens is 315 g/mol. The Morgan fingerprint density at radius 2 is 1.87 bits per heavy atom. The summed E-state index contributed by atoms with van der Waals surface area (Å²) < 4.78 is 13.7. The zero-order chi connectivity index (χ0) is 16.8. The van der Waals surface area contributed by atoms with E-state index in [2.05, 4.69) is 5.32 Å². The van der Waals surface area contributed by atoms with Crippen LogP contribution in [-0.2, 0) is 17.9 Å². The van der Waals surface area contributed by atoms with Gasteiger partial charge in [0, 0.05) is 23.7 Å². The summed E-state index contributed by atoms with van der Waals surface area (Å²) in [6.45, 7) is 2.62. The van der Waals surface area contributed by atoms with Gasteiger partial charge in [0.05, 0.1) is 6.04 Å². The third kappa shape index (κ3) is 5.05. The van der Waals surface area contributed by atoms with E-state index in [1.807, 2.05) is 17.0 Å². The zero-order valence-electron chi connectivity index (χ0n) is 13.2. The highest BCUT2D eigenvalue weighted by Crippen LogP contribution is 2.12. The Morgan fingerprint density at radius 1 is 1.22 bits per heavy atom. The van der Waals surface area contributed by atoms with E-state index in [9.17, 15) is 9.18 Å². The Hall–Kier alpha value is -1.91. The highest BCUT2D eigenvalue weighted by Gasteiger charge is 2.18. The summed E-state index contributed by atoms with van der Waals surface area (Å²) in [5, 5.41) is 3.55. The van der Waals surface area contributed by atoms with Gasteiger partial charge in [-0.3, -0.25) is 9.69 Å². The molecule has 0 saturated heterocycles. The lowest BCUT2D eigenvalue weighted by atomic mass is 10.1. The van der Waals surface area contributed by atoms with Crippen LogP contribution >= 0.6 is 11.6 Å². The molecule has 122 valence electrons. The van der Waals surface area contributed by atoms with Crippen molar-refractivity contribution in [2.75, 3.05) is 7.05 Å². The van der Waals surface area contributed by atoms with Crippen molar-refractivity contribution in [1.29, 1.82) is 0 Å². The largest absolute Gasteiger partial charge is 0.351 e. The van der Waals surface area contributed by atoms with Crippen molar-refractivity contribution in [2.24, 2.45) is 0 Å². The average molecular weight is 335 g/mol. The van der Waals surface area contributed by atoms with Gasteiger partial charge in [0.15, 0.2) is 0 Å². The van der Waals surface area contributed by atoms with Crippen LogP contribution in [0.15, 0.2) is 48.5 Å². The smallest absolute Gasteiger partial charge is 0.237 e. The van der Waals surface area contributed by atoms with Crippen LogP contribution in [0.4, 0.5) is 4.39 Å². The molecule has 2 aromatic carbocycles. The SMILES string of the molecule is CC(C(=O)NCc1ccc(Cl)cc1)N(C)Cc1ccccc1F. The van der Waals surface area contributed by atoms with Crippen LogP contribution in [0.3, 0.4) is 0 Å². The maximum atomic E-state index is 13.7. The Balaban J connectivity index is 1.88. The lowest BCUT2D eigenvalue weighted by Gasteiger charge is -2.24. The molecule has 0 bridgehead atoms. The van der Waals surface area contributed by atoms with Gasteiger partial charge in [-0.1, -0.05) is 41.9 Å². The second kappa shape index (κ2) is 8.09. The fourth-order valence-electron chi connectivity index (χ4n) is 2.17. The fraction of sp³-hybridized carbons (Fsp3) is 0.278. The lowest BCUT2D eigenvalue weighted by molar-refractivity contribution is -0.125. The maximum absolute atomic E-state index is 13.7. The van der Waals surface area contributed by atoms with E-state index in [4.69, 9.17) is 11.6 Å². The summed E-state index contributed by atoms with van der Waals surface area (Å²) in [4.78, 5) is 14.0. The van der Waals surface area contributed by atoms with Gasteiger partial charge in [0.2, 0.25) is 5.91 Å². The van der Waals surface area contributed by atoms with Crippen LogP contribution in [0.1, 0.15) is 18.1 Å². The van der Waals surface area contributed by atoms with Crippen molar-refractivity contribution in [3.8, 4) is 0 Å². The molecule has 2 rings (SSSR count). The third-order valence-electron chi connectivity index (χ3n) is 3.80. The Labute approximate surface area is 141 Å². The Morgan fingerprint density at radius 3 is 2.52 bits per heavy atom. The third-order valence-corrected chi connectivity index (χ3v) is 4.05. The minimum atomic E-state index is -0.359. The van der Waals surface area contributed by atoms with Crippen molar-refractivity contribution < 1.29 is 9.18 Å². The van der Waals surface area contributed by atoms with E-state index >= 15 is 0 Å². The van der Waals surface area contributed by atoms with Crippen LogP contribution in [0, 0.1) is 5.82 Å². The van der Waals surface area contributed by atoms with E-state index in [-0.39, 0.29) is 17.8 Å². The standard InChI is InChI=1S/C18H20ClFN2O/c1-13(22(2)12-15-5-3-4-6-17(15)20)18(23)21-11-14-7-9-16(19)10-8-14/h3-10,13H,11-12H2,1-2H3,(H,21,23). The van der Waals surface area contributed by atoms with Gasteiger partial charge >= 0.3 is 0 Å². The number of likely N-dealkylation sites (N-methyl/N-ethyl adjacent to an activating group) is 1. The highest BCUT2D eigenvalue weighted by molar-refractivity contribution is 6.30. The van der Waals surface area contributed by atoms with Gasteiger partial charge in [0.25, 0.3) is 0 Å². The first-order chi connectivity index (χ1) is 11.0. The van der Waals surface area contributed by atoms with Crippen molar-refractivity contribution in [1.82, 2.24) is 10.2 Å². The van der Waals surface area contributed by atoms with Crippen LogP contribution in [-0.4, -0.2) is 23.9 Å². The molecular formula is C18H20ClFN2O. The summed E-state index contributed by atoms with van der Waals surface area (Å²) >= 11 is 5.83. The van der Waals surface area contributed by atoms with Crippen molar-refractivity contribution in [2.45, 2.75) is 26.1 Å². The van der Waals surface area contributed by atoms with Gasteiger partial charge in [-0.15, -0.1) is 0 Å². The molecule has 0 aliphatic carbocycles. The van der Waals surface area contributed by atoms with E-state index in [1.54, 1.807) is 44.3 Å². The molecule has 2 aromatic rings. The van der Waals surface area contributed by atoms with Gasteiger partial charge in [0.1, 0.15) is 5.82 Å². The van der Waals surface area contributed by atoms with Gasteiger partial charge in [-0.25, -0.2) is 4.39 Å². The predicted molar refractivity (Wildman–Crippen MR) is 90.6 cm³/mol. The molecule has 0 aliphatic heterocycles. The van der Waals surface area contributed by atoms with E-state index in [0.29, 0.717) is 23.7 Å².